The molecule has 122 valence electrons. The molecule has 1 rings (SSSR count). The molecule has 0 bridgehead atoms. The van der Waals surface area contributed by atoms with Crippen molar-refractivity contribution in [3.63, 3.8) is 0 Å². The maximum Gasteiger partial charge on any atom is 0.312 e. The molecule has 2 amide bonds. The van der Waals surface area contributed by atoms with Crippen molar-refractivity contribution in [3.05, 3.63) is 35.4 Å². The third-order valence-corrected chi connectivity index (χ3v) is 3.32. The van der Waals surface area contributed by atoms with Gasteiger partial charge in [0.2, 0.25) is 0 Å². The fourth-order valence-electron chi connectivity index (χ4n) is 2.44. The van der Waals surface area contributed by atoms with Gasteiger partial charge in [0, 0.05) is 17.6 Å². The first kappa shape index (κ1) is 18.1. The van der Waals surface area contributed by atoms with Gasteiger partial charge in [0.05, 0.1) is 6.04 Å². The van der Waals surface area contributed by atoms with Crippen molar-refractivity contribution in [1.82, 2.24) is 10.2 Å². The zero-order valence-corrected chi connectivity index (χ0v) is 13.5. The van der Waals surface area contributed by atoms with Gasteiger partial charge in [-0.15, -0.1) is 0 Å². The van der Waals surface area contributed by atoms with E-state index < -0.39 is 29.5 Å². The summed E-state index contributed by atoms with van der Waals surface area (Å²) in [6.07, 6.45) is 0. The molecule has 6 heteroatoms. The molecule has 0 fully saturated rings. The zero-order valence-electron chi connectivity index (χ0n) is 13.5. The fraction of sp³-hybridized carbons (Fsp3) is 0.500. The molecule has 22 heavy (non-hydrogen) atoms. The highest BCUT2D eigenvalue weighted by Gasteiger charge is 2.28. The first-order valence-corrected chi connectivity index (χ1v) is 7.23. The first-order valence-electron chi connectivity index (χ1n) is 7.23. The van der Waals surface area contributed by atoms with E-state index in [9.17, 15) is 18.4 Å². The number of halogens is 2. The van der Waals surface area contributed by atoms with E-state index in [0.29, 0.717) is 0 Å². The molecule has 1 N–H and O–H groups in total. The smallest absolute Gasteiger partial charge is 0.312 e. The van der Waals surface area contributed by atoms with E-state index in [-0.39, 0.29) is 17.6 Å². The lowest BCUT2D eigenvalue weighted by atomic mass is 10.1. The predicted molar refractivity (Wildman–Crippen MR) is 80.0 cm³/mol. The minimum absolute atomic E-state index is 0.154. The average Bonchev–Trinajstić information content (AvgIpc) is 2.37. The molecule has 1 aromatic rings. The molecule has 0 aromatic heterocycles. The molecule has 0 saturated carbocycles. The summed E-state index contributed by atoms with van der Waals surface area (Å²) in [5.74, 6) is -3.11. The van der Waals surface area contributed by atoms with Crippen molar-refractivity contribution in [2.75, 3.05) is 0 Å². The maximum atomic E-state index is 13.7. The molecular weight excluding hydrogens is 290 g/mol. The van der Waals surface area contributed by atoms with E-state index in [2.05, 4.69) is 5.32 Å². The van der Waals surface area contributed by atoms with Crippen LogP contribution in [0.2, 0.25) is 0 Å². The van der Waals surface area contributed by atoms with Gasteiger partial charge >= 0.3 is 11.8 Å². The summed E-state index contributed by atoms with van der Waals surface area (Å²) in [7, 11) is 0. The average molecular weight is 312 g/mol. The molecule has 0 heterocycles. The summed E-state index contributed by atoms with van der Waals surface area (Å²) in [6, 6.07) is 2.21. The van der Waals surface area contributed by atoms with Gasteiger partial charge in [-0.2, -0.15) is 0 Å². The molecule has 0 saturated heterocycles. The molecule has 4 nitrogen and oxygen atoms in total. The Morgan fingerprint density at radius 1 is 1.00 bits per heavy atom. The Morgan fingerprint density at radius 2 is 1.45 bits per heavy atom. The van der Waals surface area contributed by atoms with E-state index in [1.54, 1.807) is 27.7 Å². The van der Waals surface area contributed by atoms with Crippen LogP contribution in [0.3, 0.4) is 0 Å². The predicted octanol–water partition coefficient (Wildman–Crippen LogP) is 2.79. The highest BCUT2D eigenvalue weighted by atomic mass is 19.1. The van der Waals surface area contributed by atoms with Crippen molar-refractivity contribution in [1.29, 1.82) is 0 Å². The van der Waals surface area contributed by atoms with Crippen LogP contribution >= 0.6 is 0 Å². The Hall–Kier alpha value is -1.98. The van der Waals surface area contributed by atoms with Crippen LogP contribution in [0.15, 0.2) is 18.2 Å². The number of nitrogens with zero attached hydrogens (tertiary/aromatic N) is 1. The molecule has 1 aromatic carbocycles. The SMILES string of the molecule is CC(NC(=O)C(=O)N(C(C)C)C(C)C)c1c(F)cccc1F. The van der Waals surface area contributed by atoms with Crippen molar-refractivity contribution in [2.45, 2.75) is 52.7 Å². The molecule has 1 unspecified atom stereocenters. The number of hydrogen-bond donors (Lipinski definition) is 1. The number of nitrogens with one attached hydrogen (secondary N) is 1. The Bertz CT molecular complexity index is 531. The summed E-state index contributed by atoms with van der Waals surface area (Å²) >= 11 is 0. The Morgan fingerprint density at radius 3 is 1.86 bits per heavy atom. The van der Waals surface area contributed by atoms with Gasteiger partial charge < -0.3 is 10.2 Å². The summed E-state index contributed by atoms with van der Waals surface area (Å²) in [5, 5.41) is 2.36. The first-order chi connectivity index (χ1) is 10.2. The molecule has 1 atom stereocenters. The minimum Gasteiger partial charge on any atom is -0.341 e. The van der Waals surface area contributed by atoms with E-state index in [4.69, 9.17) is 0 Å². The van der Waals surface area contributed by atoms with Gasteiger partial charge in [-0.1, -0.05) is 6.07 Å². The third-order valence-electron chi connectivity index (χ3n) is 3.32. The molecule has 0 radical (unpaired) electrons. The van der Waals surface area contributed by atoms with Crippen LogP contribution in [-0.2, 0) is 9.59 Å². The number of carbonyl (C=O) groups is 2. The van der Waals surface area contributed by atoms with E-state index in [1.165, 1.54) is 17.9 Å². The number of rotatable bonds is 4. The summed E-state index contributed by atoms with van der Waals surface area (Å²) in [6.45, 7) is 8.62. The molecule has 0 aliphatic heterocycles. The van der Waals surface area contributed by atoms with Crippen LogP contribution in [0, 0.1) is 11.6 Å². The van der Waals surface area contributed by atoms with Gasteiger partial charge in [0.1, 0.15) is 11.6 Å². The van der Waals surface area contributed by atoms with Crippen LogP contribution in [0.5, 0.6) is 0 Å². The highest BCUT2D eigenvalue weighted by Crippen LogP contribution is 2.20. The molecule has 0 spiro atoms. The minimum atomic E-state index is -0.946. The number of amides is 2. The van der Waals surface area contributed by atoms with E-state index >= 15 is 0 Å². The Kier molecular flexibility index (Phi) is 6.02. The van der Waals surface area contributed by atoms with Gasteiger partial charge in [-0.25, -0.2) is 8.78 Å². The lowest BCUT2D eigenvalue weighted by Gasteiger charge is -2.30. The second-order valence-electron chi connectivity index (χ2n) is 5.73. The third kappa shape index (κ3) is 4.02. The van der Waals surface area contributed by atoms with Crippen LogP contribution in [0.4, 0.5) is 8.78 Å². The lowest BCUT2D eigenvalue weighted by Crippen LogP contribution is -2.49. The molecule has 0 aliphatic rings. The summed E-state index contributed by atoms with van der Waals surface area (Å²) in [4.78, 5) is 25.7. The van der Waals surface area contributed by atoms with Crippen LogP contribution in [-0.4, -0.2) is 28.8 Å². The second-order valence-corrected chi connectivity index (χ2v) is 5.73. The number of hydrogen-bond acceptors (Lipinski definition) is 2. The van der Waals surface area contributed by atoms with E-state index in [0.717, 1.165) is 12.1 Å². The number of benzene rings is 1. The molecule has 0 aliphatic carbocycles. The zero-order chi connectivity index (χ0) is 17.0. The molecular formula is C16H22F2N2O2. The highest BCUT2D eigenvalue weighted by molar-refractivity contribution is 6.35. The van der Waals surface area contributed by atoms with Gasteiger partial charge in [-0.05, 0) is 46.8 Å². The maximum absolute atomic E-state index is 13.7. The van der Waals surface area contributed by atoms with Crippen molar-refractivity contribution < 1.29 is 18.4 Å². The quantitative estimate of drug-likeness (QED) is 0.869. The largest absolute Gasteiger partial charge is 0.341 e. The normalized spacial score (nSPS) is 12.4. The monoisotopic (exact) mass is 312 g/mol. The summed E-state index contributed by atoms with van der Waals surface area (Å²) in [5.41, 5.74) is -0.260. The second kappa shape index (κ2) is 7.33. The van der Waals surface area contributed by atoms with Crippen molar-refractivity contribution >= 4 is 11.8 Å². The van der Waals surface area contributed by atoms with Crippen molar-refractivity contribution in [2.24, 2.45) is 0 Å². The summed E-state index contributed by atoms with van der Waals surface area (Å²) < 4.78 is 27.4. The topological polar surface area (TPSA) is 49.4 Å². The van der Waals surface area contributed by atoms with Crippen LogP contribution in [0.1, 0.15) is 46.2 Å². The Labute approximate surface area is 129 Å². The fourth-order valence-corrected chi connectivity index (χ4v) is 2.44. The Balaban J connectivity index is 2.90. The number of carbonyl (C=O) groups excluding carboxylic acids is 2. The van der Waals surface area contributed by atoms with Gasteiger partial charge in [0.15, 0.2) is 0 Å². The standard InChI is InChI=1S/C16H22F2N2O2/c1-9(2)20(10(3)4)16(22)15(21)19-11(5)14-12(17)7-6-8-13(14)18/h6-11H,1-5H3,(H,19,21). The van der Waals surface area contributed by atoms with Crippen LogP contribution < -0.4 is 5.32 Å². The van der Waals surface area contributed by atoms with Crippen LogP contribution in [0.25, 0.3) is 0 Å². The lowest BCUT2D eigenvalue weighted by molar-refractivity contribution is -0.148. The van der Waals surface area contributed by atoms with Gasteiger partial charge in [-0.3, -0.25) is 9.59 Å². The van der Waals surface area contributed by atoms with E-state index in [1.807, 2.05) is 0 Å². The van der Waals surface area contributed by atoms with Crippen molar-refractivity contribution in [3.8, 4) is 0 Å². The van der Waals surface area contributed by atoms with Gasteiger partial charge in [0.25, 0.3) is 0 Å².